The van der Waals surface area contributed by atoms with E-state index < -0.39 is 14.1 Å². The fourth-order valence-electron chi connectivity index (χ4n) is 2.07. The van der Waals surface area contributed by atoms with Crippen LogP contribution in [-0.4, -0.2) is 44.7 Å². The van der Waals surface area contributed by atoms with E-state index in [2.05, 4.69) is 9.88 Å². The predicted octanol–water partition coefficient (Wildman–Crippen LogP) is 1.89. The molecule has 2 unspecified atom stereocenters. The van der Waals surface area contributed by atoms with E-state index in [0.717, 1.165) is 17.0 Å². The molecule has 2 heterocycles. The number of ether oxygens (including phenoxy) is 2. The van der Waals surface area contributed by atoms with Crippen LogP contribution in [0.3, 0.4) is 0 Å². The summed E-state index contributed by atoms with van der Waals surface area (Å²) in [5, 5.41) is 3.89. The SMILES string of the molecule is COCCOCNS(=O)(=O)C1(C)C=CC(c2noc(C)c2C)S1. The van der Waals surface area contributed by atoms with Crippen molar-refractivity contribution in [2.24, 2.45) is 0 Å². The van der Waals surface area contributed by atoms with E-state index in [1.165, 1.54) is 11.8 Å². The van der Waals surface area contributed by atoms with E-state index in [1.807, 2.05) is 19.9 Å². The van der Waals surface area contributed by atoms with Gasteiger partial charge in [0.15, 0.2) is 0 Å². The zero-order valence-electron chi connectivity index (χ0n) is 13.7. The Morgan fingerprint density at radius 3 is 2.78 bits per heavy atom. The summed E-state index contributed by atoms with van der Waals surface area (Å²) in [5.41, 5.74) is 1.71. The number of hydrogen-bond donors (Lipinski definition) is 1. The first-order valence-corrected chi connectivity index (χ1v) is 9.53. The summed E-state index contributed by atoms with van der Waals surface area (Å²) in [5.74, 6) is 0.745. The number of nitrogens with zero attached hydrogens (tertiary/aromatic N) is 1. The number of rotatable bonds is 8. The second-order valence-corrected chi connectivity index (χ2v) is 9.35. The zero-order chi connectivity index (χ0) is 17.1. The predicted molar refractivity (Wildman–Crippen MR) is 88.6 cm³/mol. The standard InChI is InChI=1S/C14H22N2O5S2/c1-10-11(2)21-16-13(10)12-5-6-14(3,22-12)23(17,18)15-9-20-8-7-19-4/h5-6,12,15H,7-9H2,1-4H3. The number of thioether (sulfide) groups is 1. The van der Waals surface area contributed by atoms with Gasteiger partial charge in [-0.25, -0.2) is 8.42 Å². The average Bonchev–Trinajstić information content (AvgIpc) is 3.04. The Kier molecular flexibility index (Phi) is 5.90. The Morgan fingerprint density at radius 1 is 1.43 bits per heavy atom. The van der Waals surface area contributed by atoms with Crippen molar-refractivity contribution in [1.29, 1.82) is 0 Å². The van der Waals surface area contributed by atoms with Crippen LogP contribution in [0.5, 0.6) is 0 Å². The van der Waals surface area contributed by atoms with Crippen molar-refractivity contribution in [2.45, 2.75) is 30.1 Å². The Hall–Kier alpha value is -0.870. The van der Waals surface area contributed by atoms with Crippen LogP contribution in [0, 0.1) is 13.8 Å². The number of aromatic nitrogens is 1. The summed E-state index contributed by atoms with van der Waals surface area (Å²) < 4.78 is 41.6. The van der Waals surface area contributed by atoms with Crippen LogP contribution in [-0.2, 0) is 19.5 Å². The molecule has 0 radical (unpaired) electrons. The van der Waals surface area contributed by atoms with Crippen LogP contribution in [0.4, 0.5) is 0 Å². The van der Waals surface area contributed by atoms with E-state index in [-0.39, 0.29) is 12.0 Å². The number of sulfonamides is 1. The molecule has 1 aromatic rings. The lowest BCUT2D eigenvalue weighted by Crippen LogP contribution is -2.40. The highest BCUT2D eigenvalue weighted by Gasteiger charge is 2.44. The molecule has 0 fully saturated rings. The van der Waals surface area contributed by atoms with Gasteiger partial charge in [0.25, 0.3) is 0 Å². The number of hydrogen-bond acceptors (Lipinski definition) is 7. The minimum absolute atomic E-state index is 0.0809. The lowest BCUT2D eigenvalue weighted by atomic mass is 10.1. The smallest absolute Gasteiger partial charge is 0.232 e. The van der Waals surface area contributed by atoms with Crippen LogP contribution in [0.1, 0.15) is 29.2 Å². The minimum atomic E-state index is -3.59. The third kappa shape index (κ3) is 3.97. The van der Waals surface area contributed by atoms with Crippen molar-refractivity contribution in [2.75, 3.05) is 27.1 Å². The summed E-state index contributed by atoms with van der Waals surface area (Å²) in [6, 6.07) is 0. The number of methoxy groups -OCH3 is 1. The van der Waals surface area contributed by atoms with Crippen molar-refractivity contribution >= 4 is 21.8 Å². The van der Waals surface area contributed by atoms with Gasteiger partial charge >= 0.3 is 0 Å². The van der Waals surface area contributed by atoms with Crippen molar-refractivity contribution in [1.82, 2.24) is 9.88 Å². The first-order chi connectivity index (χ1) is 10.8. The number of nitrogens with one attached hydrogen (secondary N) is 1. The molecule has 1 aromatic heterocycles. The second kappa shape index (κ2) is 7.35. The lowest BCUT2D eigenvalue weighted by molar-refractivity contribution is 0.0687. The molecule has 0 amide bonds. The molecule has 0 bridgehead atoms. The molecular weight excluding hydrogens is 340 g/mol. The van der Waals surface area contributed by atoms with Crippen molar-refractivity contribution in [3.05, 3.63) is 29.2 Å². The molecule has 130 valence electrons. The lowest BCUT2D eigenvalue weighted by Gasteiger charge is -2.23. The minimum Gasteiger partial charge on any atom is -0.382 e. The summed E-state index contributed by atoms with van der Waals surface area (Å²) in [4.78, 5) is 0. The van der Waals surface area contributed by atoms with Gasteiger partial charge in [0.05, 0.1) is 18.5 Å². The van der Waals surface area contributed by atoms with Gasteiger partial charge in [0.2, 0.25) is 10.0 Å². The molecule has 0 aliphatic carbocycles. The van der Waals surface area contributed by atoms with Gasteiger partial charge in [-0.05, 0) is 20.8 Å². The normalized spacial score (nSPS) is 24.4. The third-order valence-electron chi connectivity index (χ3n) is 3.71. The zero-order valence-corrected chi connectivity index (χ0v) is 15.3. The van der Waals surface area contributed by atoms with Crippen molar-refractivity contribution in [3.8, 4) is 0 Å². The Labute approximate surface area is 140 Å². The summed E-state index contributed by atoms with van der Waals surface area (Å²) in [7, 11) is -2.03. The van der Waals surface area contributed by atoms with E-state index in [4.69, 9.17) is 14.0 Å². The Balaban J connectivity index is 2.00. The highest BCUT2D eigenvalue weighted by atomic mass is 32.3. The molecule has 2 rings (SSSR count). The van der Waals surface area contributed by atoms with Crippen molar-refractivity contribution in [3.63, 3.8) is 0 Å². The fourth-order valence-corrected chi connectivity index (χ4v) is 5.00. The van der Waals surface area contributed by atoms with E-state index >= 15 is 0 Å². The van der Waals surface area contributed by atoms with Gasteiger partial charge in [-0.2, -0.15) is 4.72 Å². The Morgan fingerprint density at radius 2 is 2.17 bits per heavy atom. The van der Waals surface area contributed by atoms with Gasteiger partial charge < -0.3 is 14.0 Å². The first-order valence-electron chi connectivity index (χ1n) is 7.16. The fraction of sp³-hybridized carbons (Fsp3) is 0.643. The van der Waals surface area contributed by atoms with Gasteiger partial charge in [-0.15, -0.1) is 11.8 Å². The van der Waals surface area contributed by atoms with Gasteiger partial charge in [-0.1, -0.05) is 17.3 Å². The van der Waals surface area contributed by atoms with E-state index in [0.29, 0.717) is 13.2 Å². The van der Waals surface area contributed by atoms with Crippen LogP contribution in [0.15, 0.2) is 16.7 Å². The van der Waals surface area contributed by atoms with E-state index in [1.54, 1.807) is 20.1 Å². The highest BCUT2D eigenvalue weighted by molar-refractivity contribution is 8.14. The molecule has 23 heavy (non-hydrogen) atoms. The average molecular weight is 362 g/mol. The molecule has 2 atom stereocenters. The molecule has 1 aliphatic rings. The van der Waals surface area contributed by atoms with Crippen LogP contribution < -0.4 is 4.72 Å². The van der Waals surface area contributed by atoms with Gasteiger partial charge in [0, 0.05) is 12.7 Å². The topological polar surface area (TPSA) is 90.7 Å². The molecule has 0 saturated carbocycles. The number of aryl methyl sites for hydroxylation is 1. The maximum Gasteiger partial charge on any atom is 0.232 e. The molecule has 0 saturated heterocycles. The van der Waals surface area contributed by atoms with Gasteiger partial charge in [0.1, 0.15) is 22.3 Å². The first kappa shape index (κ1) is 18.5. The van der Waals surface area contributed by atoms with Crippen LogP contribution in [0.25, 0.3) is 0 Å². The molecular formula is C14H22N2O5S2. The van der Waals surface area contributed by atoms with Crippen molar-refractivity contribution < 1.29 is 22.4 Å². The van der Waals surface area contributed by atoms with Crippen LogP contribution >= 0.6 is 11.8 Å². The van der Waals surface area contributed by atoms with Gasteiger partial charge in [-0.3, -0.25) is 0 Å². The molecule has 7 nitrogen and oxygen atoms in total. The third-order valence-corrected chi connectivity index (χ3v) is 7.60. The molecule has 0 spiro atoms. The quantitative estimate of drug-likeness (QED) is 0.429. The summed E-state index contributed by atoms with van der Waals surface area (Å²) in [6.07, 6.45) is 3.53. The largest absolute Gasteiger partial charge is 0.382 e. The maximum atomic E-state index is 12.5. The Bertz CT molecular complexity index is 671. The monoisotopic (exact) mass is 362 g/mol. The molecule has 9 heteroatoms. The molecule has 1 N–H and O–H groups in total. The van der Waals surface area contributed by atoms with E-state index in [9.17, 15) is 8.42 Å². The highest BCUT2D eigenvalue weighted by Crippen LogP contribution is 2.49. The maximum absolute atomic E-state index is 12.5. The molecule has 1 aliphatic heterocycles. The summed E-state index contributed by atoms with van der Waals surface area (Å²) in [6.45, 7) is 6.08. The molecule has 0 aromatic carbocycles. The van der Waals surface area contributed by atoms with Crippen LogP contribution in [0.2, 0.25) is 0 Å². The summed E-state index contributed by atoms with van der Waals surface area (Å²) >= 11 is 1.30. The second-order valence-electron chi connectivity index (χ2n) is 5.36.